The minimum Gasteiger partial charge on any atom is -0.0619 e. The van der Waals surface area contributed by atoms with Crippen LogP contribution in [0.2, 0.25) is 0 Å². The molecular formula is C23H16. The topological polar surface area (TPSA) is 0 Å². The van der Waals surface area contributed by atoms with Crippen molar-refractivity contribution in [2.75, 3.05) is 0 Å². The standard InChI is InChI=1S/C23H16/c1-3-9-20-16(6-1)8-5-11-21(20)19-13-12-18-14-17-7-2-4-10-22(17)23(18)15-19/h1-13,15H,14H2. The van der Waals surface area contributed by atoms with Crippen LogP contribution in [0.1, 0.15) is 11.1 Å². The van der Waals surface area contributed by atoms with Crippen molar-refractivity contribution in [2.24, 2.45) is 0 Å². The van der Waals surface area contributed by atoms with Crippen molar-refractivity contribution in [1.29, 1.82) is 0 Å². The fraction of sp³-hybridized carbons (Fsp3) is 0.0435. The molecule has 0 radical (unpaired) electrons. The highest BCUT2D eigenvalue weighted by Crippen LogP contribution is 2.39. The van der Waals surface area contributed by atoms with E-state index in [1.54, 1.807) is 0 Å². The van der Waals surface area contributed by atoms with Crippen LogP contribution in [0.15, 0.2) is 84.9 Å². The summed E-state index contributed by atoms with van der Waals surface area (Å²) in [5.74, 6) is 0. The molecule has 0 saturated carbocycles. The third-order valence-corrected chi connectivity index (χ3v) is 4.90. The Morgan fingerprint density at radius 2 is 1.26 bits per heavy atom. The van der Waals surface area contributed by atoms with E-state index in [-0.39, 0.29) is 0 Å². The monoisotopic (exact) mass is 292 g/mol. The predicted octanol–water partition coefficient (Wildman–Crippen LogP) is 6.08. The van der Waals surface area contributed by atoms with Gasteiger partial charge in [-0.25, -0.2) is 0 Å². The lowest BCUT2D eigenvalue weighted by molar-refractivity contribution is 1.26. The molecule has 0 heterocycles. The minimum absolute atomic E-state index is 1.06. The first-order chi connectivity index (χ1) is 11.4. The molecule has 0 aromatic heterocycles. The summed E-state index contributed by atoms with van der Waals surface area (Å²) < 4.78 is 0. The second-order valence-corrected chi connectivity index (χ2v) is 6.23. The van der Waals surface area contributed by atoms with Gasteiger partial charge >= 0.3 is 0 Å². The molecule has 0 unspecified atom stereocenters. The smallest absolute Gasteiger partial charge is 0.00134 e. The molecule has 0 aliphatic heterocycles. The van der Waals surface area contributed by atoms with Gasteiger partial charge < -0.3 is 0 Å². The molecule has 5 rings (SSSR count). The lowest BCUT2D eigenvalue weighted by Crippen LogP contribution is -1.84. The number of hydrogen-bond donors (Lipinski definition) is 0. The molecule has 108 valence electrons. The van der Waals surface area contributed by atoms with Crippen molar-refractivity contribution in [2.45, 2.75) is 6.42 Å². The molecule has 1 aliphatic carbocycles. The van der Waals surface area contributed by atoms with E-state index < -0.39 is 0 Å². The SMILES string of the molecule is c1ccc2c(c1)Cc1ccc(-c3cccc4ccccc34)cc1-2. The average Bonchev–Trinajstić information content (AvgIpc) is 2.99. The van der Waals surface area contributed by atoms with E-state index >= 15 is 0 Å². The molecular weight excluding hydrogens is 276 g/mol. The lowest BCUT2D eigenvalue weighted by atomic mass is 9.95. The molecule has 4 aromatic rings. The molecule has 0 heteroatoms. The van der Waals surface area contributed by atoms with Crippen molar-refractivity contribution in [3.8, 4) is 22.3 Å². The van der Waals surface area contributed by atoms with Gasteiger partial charge in [-0.3, -0.25) is 0 Å². The maximum atomic E-state index is 2.36. The van der Waals surface area contributed by atoms with Crippen molar-refractivity contribution < 1.29 is 0 Å². The van der Waals surface area contributed by atoms with E-state index in [1.807, 2.05) is 0 Å². The Hall–Kier alpha value is -2.86. The first kappa shape index (κ1) is 12.7. The van der Waals surface area contributed by atoms with Gasteiger partial charge in [0.2, 0.25) is 0 Å². The maximum Gasteiger partial charge on any atom is -0.00134 e. The highest BCUT2D eigenvalue weighted by Gasteiger charge is 2.18. The Morgan fingerprint density at radius 1 is 0.522 bits per heavy atom. The molecule has 0 saturated heterocycles. The van der Waals surface area contributed by atoms with Gasteiger partial charge in [0.1, 0.15) is 0 Å². The van der Waals surface area contributed by atoms with Gasteiger partial charge in [0.05, 0.1) is 0 Å². The first-order valence-corrected chi connectivity index (χ1v) is 8.09. The van der Waals surface area contributed by atoms with E-state index in [9.17, 15) is 0 Å². The fourth-order valence-electron chi connectivity index (χ4n) is 3.77. The van der Waals surface area contributed by atoms with Crippen LogP contribution in [-0.4, -0.2) is 0 Å². The van der Waals surface area contributed by atoms with Crippen molar-refractivity contribution >= 4 is 10.8 Å². The van der Waals surface area contributed by atoms with E-state index in [4.69, 9.17) is 0 Å². The minimum atomic E-state index is 1.06. The Morgan fingerprint density at radius 3 is 2.26 bits per heavy atom. The molecule has 0 fully saturated rings. The van der Waals surface area contributed by atoms with E-state index in [1.165, 1.54) is 44.2 Å². The third kappa shape index (κ3) is 1.92. The molecule has 0 nitrogen and oxygen atoms in total. The molecule has 0 bridgehead atoms. The van der Waals surface area contributed by atoms with E-state index in [0.717, 1.165) is 6.42 Å². The Kier molecular flexibility index (Phi) is 2.65. The van der Waals surface area contributed by atoms with Crippen molar-refractivity contribution in [3.05, 3.63) is 96.1 Å². The molecule has 23 heavy (non-hydrogen) atoms. The van der Waals surface area contributed by atoms with Crippen LogP contribution in [0.5, 0.6) is 0 Å². The fourth-order valence-corrected chi connectivity index (χ4v) is 3.77. The molecule has 0 amide bonds. The number of benzene rings is 4. The zero-order valence-corrected chi connectivity index (χ0v) is 12.8. The Bertz CT molecular complexity index is 1040. The van der Waals surface area contributed by atoms with Crippen LogP contribution < -0.4 is 0 Å². The summed E-state index contributed by atoms with van der Waals surface area (Å²) in [5.41, 5.74) is 8.29. The van der Waals surface area contributed by atoms with E-state index in [0.29, 0.717) is 0 Å². The molecule has 0 atom stereocenters. The quantitative estimate of drug-likeness (QED) is 0.351. The molecule has 1 aliphatic rings. The highest BCUT2D eigenvalue weighted by atomic mass is 14.2. The van der Waals surface area contributed by atoms with Gasteiger partial charge in [-0.1, -0.05) is 78.9 Å². The van der Waals surface area contributed by atoms with Gasteiger partial charge in [0.15, 0.2) is 0 Å². The summed E-state index contributed by atoms with van der Waals surface area (Å²) in [7, 11) is 0. The van der Waals surface area contributed by atoms with E-state index in [2.05, 4.69) is 84.9 Å². The van der Waals surface area contributed by atoms with Crippen molar-refractivity contribution in [1.82, 2.24) is 0 Å². The summed E-state index contributed by atoms with van der Waals surface area (Å²) in [5, 5.41) is 2.62. The second-order valence-electron chi connectivity index (χ2n) is 6.23. The number of fused-ring (bicyclic) bond motifs is 4. The van der Waals surface area contributed by atoms with Gasteiger partial charge in [0.25, 0.3) is 0 Å². The zero-order chi connectivity index (χ0) is 15.2. The van der Waals surface area contributed by atoms with Crippen molar-refractivity contribution in [3.63, 3.8) is 0 Å². The highest BCUT2D eigenvalue weighted by molar-refractivity contribution is 5.97. The first-order valence-electron chi connectivity index (χ1n) is 8.09. The van der Waals surface area contributed by atoms with Crippen LogP contribution in [0.25, 0.3) is 33.0 Å². The summed E-state index contributed by atoms with van der Waals surface area (Å²) in [6.45, 7) is 0. The molecule has 4 aromatic carbocycles. The van der Waals surface area contributed by atoms with Gasteiger partial charge in [-0.15, -0.1) is 0 Å². The number of hydrogen-bond acceptors (Lipinski definition) is 0. The molecule has 0 spiro atoms. The van der Waals surface area contributed by atoms with Crippen LogP contribution in [-0.2, 0) is 6.42 Å². The maximum absolute atomic E-state index is 2.36. The van der Waals surface area contributed by atoms with Crippen LogP contribution in [0, 0.1) is 0 Å². The van der Waals surface area contributed by atoms with Crippen LogP contribution in [0.4, 0.5) is 0 Å². The largest absolute Gasteiger partial charge is 0.0619 e. The zero-order valence-electron chi connectivity index (χ0n) is 12.8. The number of rotatable bonds is 1. The average molecular weight is 292 g/mol. The second kappa shape index (κ2) is 4.82. The Balaban J connectivity index is 1.74. The van der Waals surface area contributed by atoms with Gasteiger partial charge in [-0.2, -0.15) is 0 Å². The summed E-state index contributed by atoms with van der Waals surface area (Å²) in [6, 6.07) is 30.9. The third-order valence-electron chi connectivity index (χ3n) is 4.90. The summed E-state index contributed by atoms with van der Waals surface area (Å²) in [6.07, 6.45) is 1.06. The molecule has 0 N–H and O–H groups in total. The predicted molar refractivity (Wildman–Crippen MR) is 97.6 cm³/mol. The summed E-state index contributed by atoms with van der Waals surface area (Å²) in [4.78, 5) is 0. The van der Waals surface area contributed by atoms with Crippen LogP contribution in [0.3, 0.4) is 0 Å². The lowest BCUT2D eigenvalue weighted by Gasteiger charge is -2.09. The van der Waals surface area contributed by atoms with Crippen LogP contribution >= 0.6 is 0 Å². The Labute approximate surface area is 136 Å². The van der Waals surface area contributed by atoms with Gasteiger partial charge in [-0.05, 0) is 56.6 Å². The summed E-state index contributed by atoms with van der Waals surface area (Å²) >= 11 is 0. The normalized spacial score (nSPS) is 12.2. The van der Waals surface area contributed by atoms with Gasteiger partial charge in [0, 0.05) is 0 Å².